The molecule has 0 aliphatic carbocycles. The predicted octanol–water partition coefficient (Wildman–Crippen LogP) is 3.72. The number of fused-ring (bicyclic) bond motifs is 2. The maximum atomic E-state index is 4.63. The highest BCUT2D eigenvalue weighted by atomic mass is 32.1. The number of nitrogens with one attached hydrogen (secondary N) is 1. The SMILES string of the molecule is Cn1c2ccccc2c(=NNc2nccs2)c2ccccc21. The van der Waals surface area contributed by atoms with Gasteiger partial charge in [-0.3, -0.25) is 5.43 Å². The van der Waals surface area contributed by atoms with Gasteiger partial charge < -0.3 is 4.57 Å². The molecule has 2 heterocycles. The highest BCUT2D eigenvalue weighted by Crippen LogP contribution is 2.18. The van der Waals surface area contributed by atoms with Crippen molar-refractivity contribution in [2.75, 3.05) is 5.43 Å². The zero-order chi connectivity index (χ0) is 14.9. The van der Waals surface area contributed by atoms with E-state index >= 15 is 0 Å². The van der Waals surface area contributed by atoms with Crippen molar-refractivity contribution in [3.05, 3.63) is 65.5 Å². The van der Waals surface area contributed by atoms with E-state index in [1.54, 1.807) is 6.20 Å². The van der Waals surface area contributed by atoms with Crippen LogP contribution in [0.2, 0.25) is 0 Å². The normalized spacial score (nSPS) is 11.0. The van der Waals surface area contributed by atoms with Crippen molar-refractivity contribution in [3.63, 3.8) is 0 Å². The van der Waals surface area contributed by atoms with Gasteiger partial charge in [0, 0.05) is 29.4 Å². The number of rotatable bonds is 2. The first-order valence-corrected chi connectivity index (χ1v) is 7.88. The molecule has 0 radical (unpaired) electrons. The van der Waals surface area contributed by atoms with Gasteiger partial charge >= 0.3 is 0 Å². The summed E-state index contributed by atoms with van der Waals surface area (Å²) in [6, 6.07) is 16.6. The van der Waals surface area contributed by atoms with Crippen molar-refractivity contribution >= 4 is 38.3 Å². The molecule has 1 N–H and O–H groups in total. The second-order valence-corrected chi connectivity index (χ2v) is 5.90. The summed E-state index contributed by atoms with van der Waals surface area (Å²) in [5.41, 5.74) is 5.38. The number of aryl methyl sites for hydroxylation is 1. The van der Waals surface area contributed by atoms with Crippen LogP contribution in [-0.4, -0.2) is 9.55 Å². The van der Waals surface area contributed by atoms with Crippen molar-refractivity contribution in [1.29, 1.82) is 0 Å². The van der Waals surface area contributed by atoms with Gasteiger partial charge in [-0.05, 0) is 12.1 Å². The fourth-order valence-corrected chi connectivity index (χ4v) is 3.18. The van der Waals surface area contributed by atoms with Gasteiger partial charge in [0.1, 0.15) is 5.36 Å². The van der Waals surface area contributed by atoms with Gasteiger partial charge in [-0.1, -0.05) is 36.4 Å². The van der Waals surface area contributed by atoms with Crippen LogP contribution in [0.4, 0.5) is 5.13 Å². The summed E-state index contributed by atoms with van der Waals surface area (Å²) >= 11 is 1.53. The third-order valence-corrected chi connectivity index (χ3v) is 4.41. The number of hydrogen-bond donors (Lipinski definition) is 1. The van der Waals surface area contributed by atoms with Crippen LogP contribution in [0.5, 0.6) is 0 Å². The van der Waals surface area contributed by atoms with Crippen molar-refractivity contribution in [2.45, 2.75) is 0 Å². The van der Waals surface area contributed by atoms with Crippen LogP contribution in [0.1, 0.15) is 0 Å². The van der Waals surface area contributed by atoms with Crippen LogP contribution in [0, 0.1) is 0 Å². The molecule has 4 rings (SSSR count). The van der Waals surface area contributed by atoms with E-state index in [-0.39, 0.29) is 0 Å². The van der Waals surface area contributed by atoms with Crippen LogP contribution in [-0.2, 0) is 7.05 Å². The van der Waals surface area contributed by atoms with E-state index in [0.29, 0.717) is 0 Å². The van der Waals surface area contributed by atoms with E-state index in [9.17, 15) is 0 Å². The largest absolute Gasteiger partial charge is 0.344 e. The van der Waals surface area contributed by atoms with E-state index in [4.69, 9.17) is 0 Å². The topological polar surface area (TPSA) is 42.2 Å². The van der Waals surface area contributed by atoms with E-state index < -0.39 is 0 Å². The average Bonchev–Trinajstić information content (AvgIpc) is 3.08. The number of anilines is 1. The Morgan fingerprint density at radius 3 is 2.23 bits per heavy atom. The highest BCUT2D eigenvalue weighted by molar-refractivity contribution is 7.13. The summed E-state index contributed by atoms with van der Waals surface area (Å²) in [7, 11) is 2.09. The minimum atomic E-state index is 0.793. The Morgan fingerprint density at radius 2 is 1.64 bits per heavy atom. The molecule has 0 fully saturated rings. The van der Waals surface area contributed by atoms with Gasteiger partial charge in [0.2, 0.25) is 5.13 Å². The first kappa shape index (κ1) is 13.0. The van der Waals surface area contributed by atoms with Gasteiger partial charge in [-0.25, -0.2) is 4.98 Å². The molecule has 0 unspecified atom stereocenters. The number of para-hydroxylation sites is 2. The number of aromatic nitrogens is 2. The Balaban J connectivity index is 2.09. The van der Waals surface area contributed by atoms with E-state index in [1.807, 2.05) is 17.5 Å². The zero-order valence-electron chi connectivity index (χ0n) is 12.0. The number of thiazole rings is 1. The Bertz CT molecular complexity index is 956. The second kappa shape index (κ2) is 5.27. The molecule has 22 heavy (non-hydrogen) atoms. The number of nitrogens with zero attached hydrogens (tertiary/aromatic N) is 3. The Kier molecular flexibility index (Phi) is 3.12. The molecule has 0 saturated heterocycles. The average molecular weight is 306 g/mol. The van der Waals surface area contributed by atoms with Crippen molar-refractivity contribution in [3.8, 4) is 0 Å². The minimum Gasteiger partial charge on any atom is -0.344 e. The number of benzene rings is 2. The van der Waals surface area contributed by atoms with Crippen molar-refractivity contribution in [1.82, 2.24) is 9.55 Å². The summed E-state index contributed by atoms with van der Waals surface area (Å²) in [5, 5.41) is 10.5. The lowest BCUT2D eigenvalue weighted by Crippen LogP contribution is -2.12. The smallest absolute Gasteiger partial charge is 0.203 e. The number of pyridine rings is 1. The van der Waals surface area contributed by atoms with Gasteiger partial charge in [-0.2, -0.15) is 5.10 Å². The number of hydrogen-bond acceptors (Lipinski definition) is 4. The summed E-state index contributed by atoms with van der Waals surface area (Å²) in [5.74, 6) is 0. The molecule has 4 nitrogen and oxygen atoms in total. The molecule has 108 valence electrons. The molecule has 0 spiro atoms. The van der Waals surface area contributed by atoms with Gasteiger partial charge in [0.15, 0.2) is 0 Å². The van der Waals surface area contributed by atoms with Crippen molar-refractivity contribution < 1.29 is 0 Å². The summed E-state index contributed by atoms with van der Waals surface area (Å²) in [4.78, 5) is 4.22. The molecule has 0 saturated carbocycles. The molecule has 2 aromatic carbocycles. The van der Waals surface area contributed by atoms with E-state index in [2.05, 4.69) is 63.5 Å². The lowest BCUT2D eigenvalue weighted by atomic mass is 10.1. The minimum absolute atomic E-state index is 0.793. The maximum Gasteiger partial charge on any atom is 0.203 e. The van der Waals surface area contributed by atoms with Crippen molar-refractivity contribution in [2.24, 2.45) is 12.1 Å². The third kappa shape index (κ3) is 2.07. The third-order valence-electron chi connectivity index (χ3n) is 3.74. The van der Waals surface area contributed by atoms with Gasteiger partial charge in [-0.15, -0.1) is 11.3 Å². The first-order valence-electron chi connectivity index (χ1n) is 7.00. The quantitative estimate of drug-likeness (QED) is 0.453. The molecular formula is C17H14N4S. The van der Waals surface area contributed by atoms with Gasteiger partial charge in [0.05, 0.1) is 11.0 Å². The zero-order valence-corrected chi connectivity index (χ0v) is 12.8. The highest BCUT2D eigenvalue weighted by Gasteiger charge is 2.06. The van der Waals surface area contributed by atoms with E-state index in [0.717, 1.165) is 32.3 Å². The predicted molar refractivity (Wildman–Crippen MR) is 91.7 cm³/mol. The molecule has 0 amide bonds. The molecule has 0 aliphatic rings. The lowest BCUT2D eigenvalue weighted by Gasteiger charge is -2.11. The van der Waals surface area contributed by atoms with E-state index in [1.165, 1.54) is 11.3 Å². The monoisotopic (exact) mass is 306 g/mol. The molecule has 5 heteroatoms. The fraction of sp³-hybridized carbons (Fsp3) is 0.0588. The molecule has 2 aromatic heterocycles. The van der Waals surface area contributed by atoms with Crippen LogP contribution < -0.4 is 10.8 Å². The molecule has 0 atom stereocenters. The second-order valence-electron chi connectivity index (χ2n) is 5.00. The molecule has 4 aromatic rings. The Labute approximate surface area is 131 Å². The fourth-order valence-electron chi connectivity index (χ4n) is 2.71. The Hall–Kier alpha value is -2.66. The Morgan fingerprint density at radius 1 is 1.00 bits per heavy atom. The summed E-state index contributed by atoms with van der Waals surface area (Å²) < 4.78 is 2.20. The molecular weight excluding hydrogens is 292 g/mol. The van der Waals surface area contributed by atoms with Crippen LogP contribution >= 0.6 is 11.3 Å². The molecule has 0 bridgehead atoms. The van der Waals surface area contributed by atoms with Crippen LogP contribution in [0.15, 0.2) is 65.2 Å². The van der Waals surface area contributed by atoms with Crippen LogP contribution in [0.25, 0.3) is 21.8 Å². The summed E-state index contributed by atoms with van der Waals surface area (Å²) in [6.45, 7) is 0. The standard InChI is InChI=1S/C17H14N4S/c1-21-14-8-4-2-6-12(14)16(13-7-3-5-9-15(13)21)19-20-17-18-10-11-22-17/h2-11H,1H3,(H,18,20). The maximum absolute atomic E-state index is 4.63. The van der Waals surface area contributed by atoms with Crippen LogP contribution in [0.3, 0.4) is 0 Å². The molecule has 0 aliphatic heterocycles. The first-order chi connectivity index (χ1) is 10.8. The van der Waals surface area contributed by atoms with Gasteiger partial charge in [0.25, 0.3) is 0 Å². The lowest BCUT2D eigenvalue weighted by molar-refractivity contribution is 1.000. The summed E-state index contributed by atoms with van der Waals surface area (Å²) in [6.07, 6.45) is 1.77.